The number of nitrogens with two attached hydrogens (primary N) is 1. The van der Waals surface area contributed by atoms with Crippen LogP contribution < -0.4 is 11.0 Å². The Kier molecular flexibility index (Phi) is 18.3. The van der Waals surface area contributed by atoms with Crippen LogP contribution in [0.25, 0.3) is 0 Å². The molecule has 0 heterocycles. The maximum absolute atomic E-state index is 7.78. The van der Waals surface area contributed by atoms with Crippen LogP contribution in [-0.4, -0.2) is 19.6 Å². The third-order valence-electron chi connectivity index (χ3n) is 4.66. The lowest BCUT2D eigenvalue weighted by Gasteiger charge is -2.04. The van der Waals surface area contributed by atoms with Gasteiger partial charge in [-0.3, -0.25) is 0 Å². The second-order valence-corrected chi connectivity index (χ2v) is 7.08. The highest BCUT2D eigenvalue weighted by atomic mass is 14.8. The Bertz CT molecular complexity index is 240. The number of hydrogen-bond donors (Lipinski definition) is 2. The van der Waals surface area contributed by atoms with E-state index in [4.69, 9.17) is 2.82 Å². The highest BCUT2D eigenvalue weighted by molar-refractivity contribution is 4.52. The molecule has 3 N–H and O–H groups in total. The first-order valence-corrected chi connectivity index (χ1v) is 10.7. The van der Waals surface area contributed by atoms with Crippen molar-refractivity contribution in [1.29, 1.82) is 0 Å². The van der Waals surface area contributed by atoms with Gasteiger partial charge in [0.2, 0.25) is 0 Å². The standard InChI is InChI=1S/C21H46N2/c1-2-3-4-5-6-7-8-9-10-11-12-13-14-15-16-17-20-23-21-18-19-22/h23H,2-22H2,1H3/i/hD2. The molecule has 0 aromatic heterocycles. The molecule has 0 rings (SSSR count). The fourth-order valence-corrected chi connectivity index (χ4v) is 3.07. The first kappa shape index (κ1) is 19.2. The minimum absolute atomic E-state index is 0.689. The van der Waals surface area contributed by atoms with Gasteiger partial charge in [-0.05, 0) is 32.5 Å². The van der Waals surface area contributed by atoms with Crippen LogP contribution >= 0.6 is 0 Å². The Morgan fingerprint density at radius 2 is 1.00 bits per heavy atom. The normalized spacial score (nSPS) is 12.6. The molecule has 0 amide bonds. The van der Waals surface area contributed by atoms with Crippen molar-refractivity contribution >= 4 is 0 Å². The lowest BCUT2D eigenvalue weighted by Crippen LogP contribution is -2.19. The Morgan fingerprint density at radius 3 is 1.43 bits per heavy atom. The van der Waals surface area contributed by atoms with E-state index in [1.807, 2.05) is 0 Å². The molecule has 2 heteroatoms. The Hall–Kier alpha value is -0.0800. The summed E-state index contributed by atoms with van der Waals surface area (Å²) in [5.74, 6) is 0. The van der Waals surface area contributed by atoms with Gasteiger partial charge in [-0.2, -0.15) is 0 Å². The van der Waals surface area contributed by atoms with Crippen LogP contribution in [0, 0.1) is 0 Å². The van der Waals surface area contributed by atoms with Gasteiger partial charge < -0.3 is 11.0 Å². The van der Waals surface area contributed by atoms with Crippen molar-refractivity contribution in [2.45, 2.75) is 116 Å². The predicted molar refractivity (Wildman–Crippen MR) is 106 cm³/mol. The second kappa shape index (κ2) is 21.9. The van der Waals surface area contributed by atoms with Gasteiger partial charge in [0.05, 0.1) is 0 Å². The molecule has 0 saturated heterocycles. The van der Waals surface area contributed by atoms with E-state index < -0.39 is 0 Å². The molecule has 140 valence electrons. The summed E-state index contributed by atoms with van der Waals surface area (Å²) in [4.78, 5) is 0. The first-order chi connectivity index (χ1) is 12.3. The highest BCUT2D eigenvalue weighted by Gasteiger charge is 1.94. The zero-order valence-corrected chi connectivity index (χ0v) is 16.1. The minimum atomic E-state index is 0.689. The SMILES string of the molecule is [2H]NCCCN([2H])CCCCCCCCCCCCCCCCCC. The quantitative estimate of drug-likeness (QED) is 0.247. The maximum Gasteiger partial charge on any atom is 0.122 e. The van der Waals surface area contributed by atoms with E-state index in [0.29, 0.717) is 6.54 Å². The average molecular weight is 329 g/mol. The van der Waals surface area contributed by atoms with Gasteiger partial charge in [0.15, 0.2) is 0 Å². The third-order valence-corrected chi connectivity index (χ3v) is 4.66. The molecule has 2 nitrogen and oxygen atoms in total. The van der Waals surface area contributed by atoms with Crippen LogP contribution in [0.15, 0.2) is 0 Å². The summed E-state index contributed by atoms with van der Waals surface area (Å²) in [5.41, 5.74) is 2.39. The van der Waals surface area contributed by atoms with Crippen molar-refractivity contribution < 1.29 is 2.82 Å². The van der Waals surface area contributed by atoms with Gasteiger partial charge in [0.25, 0.3) is 0 Å². The number of nitrogens with one attached hydrogen (secondary N) is 1. The zero-order valence-electron chi connectivity index (χ0n) is 18.1. The van der Waals surface area contributed by atoms with Crippen LogP contribution in [0.3, 0.4) is 0 Å². The third kappa shape index (κ3) is 21.9. The van der Waals surface area contributed by atoms with Gasteiger partial charge >= 0.3 is 0 Å². The van der Waals surface area contributed by atoms with Crippen LogP contribution in [0.2, 0.25) is 2.82 Å². The summed E-state index contributed by atoms with van der Waals surface area (Å²) in [6.45, 7) is 4.64. The average Bonchev–Trinajstić information content (AvgIpc) is 2.61. The molecule has 0 radical (unpaired) electrons. The summed E-state index contributed by atoms with van der Waals surface area (Å²) >= 11 is 0. The molecule has 0 spiro atoms. The molecular formula is C21H46N2. The summed E-state index contributed by atoms with van der Waals surface area (Å²) in [6.07, 6.45) is 23.2. The van der Waals surface area contributed by atoms with Crippen molar-refractivity contribution in [3.63, 3.8) is 0 Å². The van der Waals surface area contributed by atoms with Crippen LogP contribution in [0.4, 0.5) is 0 Å². The van der Waals surface area contributed by atoms with Gasteiger partial charge in [-0.15, -0.1) is 0 Å². The monoisotopic (exact) mass is 328 g/mol. The van der Waals surface area contributed by atoms with Crippen molar-refractivity contribution in [1.82, 2.24) is 5.31 Å². The number of rotatable bonds is 21. The van der Waals surface area contributed by atoms with Gasteiger partial charge in [-0.1, -0.05) is 103 Å². The van der Waals surface area contributed by atoms with E-state index in [1.54, 1.807) is 5.31 Å². The topological polar surface area (TPSA) is 38.0 Å². The van der Waals surface area contributed by atoms with E-state index in [1.165, 1.54) is 96.3 Å². The van der Waals surface area contributed by atoms with Crippen LogP contribution in [0.5, 0.6) is 0 Å². The van der Waals surface area contributed by atoms with E-state index >= 15 is 0 Å². The minimum Gasteiger partial charge on any atom is -0.330 e. The highest BCUT2D eigenvalue weighted by Crippen LogP contribution is 2.13. The molecule has 0 aromatic carbocycles. The molecule has 23 heavy (non-hydrogen) atoms. The lowest BCUT2D eigenvalue weighted by atomic mass is 10.0. The Morgan fingerprint density at radius 1 is 0.609 bits per heavy atom. The molecule has 0 aliphatic heterocycles. The van der Waals surface area contributed by atoms with Crippen molar-refractivity contribution in [2.24, 2.45) is 5.73 Å². The van der Waals surface area contributed by atoms with Gasteiger partial charge in [-0.25, -0.2) is 0 Å². The Labute approximate surface area is 150 Å². The molecule has 0 atom stereocenters. The summed E-state index contributed by atoms with van der Waals surface area (Å²) in [6, 6.07) is 0. The van der Waals surface area contributed by atoms with E-state index in [2.05, 4.69) is 12.7 Å². The van der Waals surface area contributed by atoms with E-state index in [-0.39, 0.29) is 0 Å². The molecule has 0 unspecified atom stereocenters. The van der Waals surface area contributed by atoms with Crippen molar-refractivity contribution in [2.75, 3.05) is 19.6 Å². The maximum atomic E-state index is 7.78. The van der Waals surface area contributed by atoms with Gasteiger partial charge in [0, 0.05) is 0 Å². The first-order valence-electron chi connectivity index (χ1n) is 11.6. The molecule has 0 saturated carbocycles. The molecule has 0 aliphatic rings. The smallest absolute Gasteiger partial charge is 0.122 e. The van der Waals surface area contributed by atoms with Crippen molar-refractivity contribution in [3.8, 4) is 0 Å². The second-order valence-electron chi connectivity index (χ2n) is 7.08. The summed E-state index contributed by atoms with van der Waals surface area (Å²) in [7, 11) is 0. The van der Waals surface area contributed by atoms with E-state index in [9.17, 15) is 0 Å². The molecule has 0 aromatic rings. The van der Waals surface area contributed by atoms with Crippen LogP contribution in [-0.2, 0) is 0 Å². The molecule has 0 fully saturated rings. The molecule has 0 aliphatic carbocycles. The zero-order chi connectivity index (χ0) is 18.4. The largest absolute Gasteiger partial charge is 0.330 e. The fraction of sp³-hybridized carbons (Fsp3) is 1.00. The number of unbranched alkanes of at least 4 members (excludes halogenated alkanes) is 15. The number of hydrogen-bond acceptors (Lipinski definition) is 2. The van der Waals surface area contributed by atoms with Gasteiger partial charge in [0.1, 0.15) is 2.82 Å². The Balaban J connectivity index is 3.05. The van der Waals surface area contributed by atoms with E-state index in [0.717, 1.165) is 25.9 Å². The molecular weight excluding hydrogens is 280 g/mol. The van der Waals surface area contributed by atoms with Crippen LogP contribution in [0.1, 0.15) is 116 Å². The predicted octanol–water partition coefficient (Wildman–Crippen LogP) is 6.19. The molecule has 0 bridgehead atoms. The summed E-state index contributed by atoms with van der Waals surface area (Å²) in [5, 5.41) is 1.65. The van der Waals surface area contributed by atoms with Crippen molar-refractivity contribution in [3.05, 3.63) is 0 Å². The fourth-order valence-electron chi connectivity index (χ4n) is 3.07. The lowest BCUT2D eigenvalue weighted by molar-refractivity contribution is 0.524. The summed E-state index contributed by atoms with van der Waals surface area (Å²) < 4.78 is 14.6.